The third-order valence-electron chi connectivity index (χ3n) is 4.48. The number of aliphatic imine (C=N–C) groups is 1. The van der Waals surface area contributed by atoms with Crippen molar-refractivity contribution >= 4 is 33.0 Å². The fourth-order valence-electron chi connectivity index (χ4n) is 3.15. The molecule has 0 atom stereocenters. The second-order valence-corrected chi connectivity index (χ2v) is 9.64. The van der Waals surface area contributed by atoms with Gasteiger partial charge in [0.15, 0.2) is 5.96 Å². The number of sulfonamides is 1. The van der Waals surface area contributed by atoms with Crippen LogP contribution in [0, 0.1) is 6.92 Å². The maximum Gasteiger partial charge on any atom is 0.237 e. The highest BCUT2D eigenvalue weighted by molar-refractivity contribution is 7.92. The number of aromatic nitrogens is 1. The maximum absolute atomic E-state index is 12.7. The Morgan fingerprint density at radius 2 is 2.14 bits per heavy atom. The Hall–Kier alpha value is -2.13. The fraction of sp³-hybridized carbons (Fsp3) is 0.474. The van der Waals surface area contributed by atoms with Gasteiger partial charge in [-0.05, 0) is 31.9 Å². The Kier molecular flexibility index (Phi) is 6.90. The minimum Gasteiger partial charge on any atom is -0.357 e. The number of nitrogens with zero attached hydrogens (tertiary/aromatic N) is 3. The van der Waals surface area contributed by atoms with Gasteiger partial charge in [0.25, 0.3) is 0 Å². The van der Waals surface area contributed by atoms with E-state index in [9.17, 15) is 8.42 Å². The normalized spacial score (nSPS) is 14.2. The number of nitrogens with one attached hydrogen (secondary N) is 2. The Morgan fingerprint density at radius 3 is 2.89 bits per heavy atom. The molecule has 1 aromatic carbocycles. The van der Waals surface area contributed by atoms with Gasteiger partial charge in [-0.15, -0.1) is 11.3 Å². The maximum atomic E-state index is 12.7. The third kappa shape index (κ3) is 5.23. The zero-order chi connectivity index (χ0) is 20.0. The van der Waals surface area contributed by atoms with Gasteiger partial charge in [-0.3, -0.25) is 9.30 Å². The van der Waals surface area contributed by atoms with Gasteiger partial charge in [-0.1, -0.05) is 18.2 Å². The highest BCUT2D eigenvalue weighted by Gasteiger charge is 2.28. The predicted octanol–water partition coefficient (Wildman–Crippen LogP) is 1.94. The second-order valence-electron chi connectivity index (χ2n) is 6.56. The summed E-state index contributed by atoms with van der Waals surface area (Å²) >= 11 is 1.64. The molecule has 2 N–H and O–H groups in total. The summed E-state index contributed by atoms with van der Waals surface area (Å²) in [6, 6.07) is 7.68. The van der Waals surface area contributed by atoms with E-state index in [0.29, 0.717) is 25.6 Å². The second kappa shape index (κ2) is 9.38. The Labute approximate surface area is 171 Å². The van der Waals surface area contributed by atoms with E-state index >= 15 is 0 Å². The number of fused-ring (bicyclic) bond motifs is 1. The number of rotatable bonds is 8. The van der Waals surface area contributed by atoms with Crippen molar-refractivity contribution in [2.45, 2.75) is 26.7 Å². The van der Waals surface area contributed by atoms with Gasteiger partial charge in [-0.25, -0.2) is 13.4 Å². The molecule has 1 aliphatic rings. The molecule has 1 aliphatic heterocycles. The number of anilines is 1. The first-order valence-electron chi connectivity index (χ1n) is 9.51. The highest BCUT2D eigenvalue weighted by Crippen LogP contribution is 2.29. The molecular weight excluding hydrogens is 394 g/mol. The molecule has 28 heavy (non-hydrogen) atoms. The van der Waals surface area contributed by atoms with E-state index in [2.05, 4.69) is 26.0 Å². The van der Waals surface area contributed by atoms with E-state index in [1.165, 1.54) is 4.31 Å². The van der Waals surface area contributed by atoms with E-state index in [1.807, 2.05) is 38.1 Å². The zero-order valence-corrected chi connectivity index (χ0v) is 17.9. The van der Waals surface area contributed by atoms with Crippen LogP contribution in [0.25, 0.3) is 0 Å². The number of hydrogen-bond donors (Lipinski definition) is 2. The molecule has 9 heteroatoms. The first-order valence-corrected chi connectivity index (χ1v) is 12.0. The van der Waals surface area contributed by atoms with Crippen LogP contribution in [0.5, 0.6) is 0 Å². The molecule has 0 spiro atoms. The molecule has 0 saturated carbocycles. The lowest BCUT2D eigenvalue weighted by Gasteiger charge is -2.19. The molecule has 152 valence electrons. The van der Waals surface area contributed by atoms with Crippen molar-refractivity contribution in [1.82, 2.24) is 15.6 Å². The number of hydrogen-bond acceptors (Lipinski definition) is 5. The summed E-state index contributed by atoms with van der Waals surface area (Å²) in [6.45, 7) is 6.11. The van der Waals surface area contributed by atoms with Crippen molar-refractivity contribution in [3.05, 3.63) is 45.9 Å². The van der Waals surface area contributed by atoms with Crippen molar-refractivity contribution in [3.8, 4) is 0 Å². The van der Waals surface area contributed by atoms with Gasteiger partial charge >= 0.3 is 0 Å². The average Bonchev–Trinajstić information content (AvgIpc) is 3.28. The summed E-state index contributed by atoms with van der Waals surface area (Å²) in [6.07, 6.45) is 1.57. The first-order chi connectivity index (χ1) is 13.5. The van der Waals surface area contributed by atoms with Gasteiger partial charge < -0.3 is 10.6 Å². The van der Waals surface area contributed by atoms with Gasteiger partial charge in [0, 0.05) is 31.4 Å². The van der Waals surface area contributed by atoms with Crippen LogP contribution in [0.4, 0.5) is 5.69 Å². The lowest BCUT2D eigenvalue weighted by molar-refractivity contribution is 0.592. The summed E-state index contributed by atoms with van der Waals surface area (Å²) < 4.78 is 27.0. The monoisotopic (exact) mass is 421 g/mol. The van der Waals surface area contributed by atoms with Crippen molar-refractivity contribution in [2.75, 3.05) is 36.2 Å². The molecule has 7 nitrogen and oxygen atoms in total. The zero-order valence-electron chi connectivity index (χ0n) is 16.3. The van der Waals surface area contributed by atoms with Gasteiger partial charge in [0.1, 0.15) is 0 Å². The summed E-state index contributed by atoms with van der Waals surface area (Å²) in [4.78, 5) is 8.88. The Morgan fingerprint density at radius 1 is 1.32 bits per heavy atom. The molecule has 2 heterocycles. The lowest BCUT2D eigenvalue weighted by atomic mass is 10.2. The molecule has 0 fully saturated rings. The highest BCUT2D eigenvalue weighted by atomic mass is 32.2. The summed E-state index contributed by atoms with van der Waals surface area (Å²) in [5.74, 6) is 0.620. The Balaban J connectivity index is 1.54. The topological polar surface area (TPSA) is 86.7 Å². The fourth-order valence-corrected chi connectivity index (χ4v) is 5.19. The minimum absolute atomic E-state index is 0.0107. The van der Waals surface area contributed by atoms with E-state index in [4.69, 9.17) is 0 Å². The van der Waals surface area contributed by atoms with Crippen LogP contribution in [-0.4, -0.2) is 51.3 Å². The van der Waals surface area contributed by atoms with Crippen molar-refractivity contribution in [1.29, 1.82) is 0 Å². The molecular formula is C19H27N5O2S2. The van der Waals surface area contributed by atoms with Crippen molar-refractivity contribution in [2.24, 2.45) is 4.99 Å². The average molecular weight is 422 g/mol. The van der Waals surface area contributed by atoms with Crippen molar-refractivity contribution < 1.29 is 8.42 Å². The van der Waals surface area contributed by atoms with Gasteiger partial charge in [0.2, 0.25) is 10.0 Å². The SMILES string of the molecule is CCNC(=NCCS(=O)(=O)N1CCc2ccccc21)NCCc1csc(C)n1. The van der Waals surface area contributed by atoms with Crippen molar-refractivity contribution in [3.63, 3.8) is 0 Å². The van der Waals surface area contributed by atoms with E-state index in [-0.39, 0.29) is 12.3 Å². The number of benzene rings is 1. The molecule has 0 bridgehead atoms. The lowest BCUT2D eigenvalue weighted by Crippen LogP contribution is -2.39. The number of thiazole rings is 1. The number of aryl methyl sites for hydroxylation is 1. The van der Waals surface area contributed by atoms with Crippen LogP contribution in [-0.2, 0) is 22.9 Å². The molecule has 3 rings (SSSR count). The standard InChI is InChI=1S/C19H27N5O2S2/c1-3-20-19(21-10-8-17-14-27-15(2)23-17)22-11-13-28(25,26)24-12-9-16-6-4-5-7-18(16)24/h4-7,14H,3,8-13H2,1-2H3,(H2,20,21,22). The molecule has 0 saturated heterocycles. The quantitative estimate of drug-likeness (QED) is 0.503. The number of guanidine groups is 1. The van der Waals surface area contributed by atoms with Gasteiger partial charge in [0.05, 0.1) is 28.7 Å². The minimum atomic E-state index is -3.38. The van der Waals surface area contributed by atoms with Crippen LogP contribution in [0.3, 0.4) is 0 Å². The molecule has 0 radical (unpaired) electrons. The van der Waals surface area contributed by atoms with Crippen LogP contribution in [0.15, 0.2) is 34.6 Å². The predicted molar refractivity (Wildman–Crippen MR) is 116 cm³/mol. The van der Waals surface area contributed by atoms with E-state index in [1.54, 1.807) is 11.3 Å². The van der Waals surface area contributed by atoms with Crippen LogP contribution >= 0.6 is 11.3 Å². The largest absolute Gasteiger partial charge is 0.357 e. The molecule has 0 unspecified atom stereocenters. The smallest absolute Gasteiger partial charge is 0.237 e. The molecule has 0 amide bonds. The van der Waals surface area contributed by atoms with Crippen LogP contribution in [0.1, 0.15) is 23.2 Å². The van der Waals surface area contributed by atoms with Crippen LogP contribution in [0.2, 0.25) is 0 Å². The van der Waals surface area contributed by atoms with Crippen LogP contribution < -0.4 is 14.9 Å². The van der Waals surface area contributed by atoms with E-state index < -0.39 is 10.0 Å². The summed E-state index contributed by atoms with van der Waals surface area (Å²) in [5.41, 5.74) is 2.94. The number of para-hydroxylation sites is 1. The molecule has 1 aromatic heterocycles. The van der Waals surface area contributed by atoms with Gasteiger partial charge in [-0.2, -0.15) is 0 Å². The summed E-state index contributed by atoms with van der Waals surface area (Å²) in [7, 11) is -3.38. The first kappa shape index (κ1) is 20.6. The van der Waals surface area contributed by atoms with E-state index in [0.717, 1.165) is 34.8 Å². The summed E-state index contributed by atoms with van der Waals surface area (Å²) in [5, 5.41) is 9.52. The third-order valence-corrected chi connectivity index (χ3v) is 7.06. The molecule has 2 aromatic rings. The Bertz CT molecular complexity index is 924. The molecule has 0 aliphatic carbocycles.